The van der Waals surface area contributed by atoms with Crippen LogP contribution in [0.15, 0.2) is 53.4 Å². The van der Waals surface area contributed by atoms with E-state index in [-0.39, 0.29) is 5.78 Å². The van der Waals surface area contributed by atoms with Gasteiger partial charge in [-0.1, -0.05) is 24.3 Å². The highest BCUT2D eigenvalue weighted by atomic mass is 127. The summed E-state index contributed by atoms with van der Waals surface area (Å²) in [5.41, 5.74) is 2.08. The molecular weight excluding hydrogens is 355 g/mol. The molecule has 0 saturated carbocycles. The third-order valence-corrected chi connectivity index (χ3v) is 4.34. The maximum atomic E-state index is 11.3. The van der Waals surface area contributed by atoms with Crippen molar-refractivity contribution in [3.8, 4) is 0 Å². The molecule has 0 atom stereocenters. The molecule has 0 bridgehead atoms. The lowest BCUT2D eigenvalue weighted by Crippen LogP contribution is -1.91. The molecule has 2 rings (SSSR count). The van der Waals surface area contributed by atoms with Gasteiger partial charge in [-0.15, -0.1) is 11.8 Å². The van der Waals surface area contributed by atoms with Gasteiger partial charge in [0.05, 0.1) is 0 Å². The number of ketones is 1. The van der Waals surface area contributed by atoms with Crippen molar-refractivity contribution in [1.82, 2.24) is 0 Å². The summed E-state index contributed by atoms with van der Waals surface area (Å²) in [6, 6.07) is 16.3. The van der Waals surface area contributed by atoms with E-state index in [2.05, 4.69) is 46.9 Å². The summed E-state index contributed by atoms with van der Waals surface area (Å²) in [6.45, 7) is 1.60. The lowest BCUT2D eigenvalue weighted by atomic mass is 10.2. The monoisotopic (exact) mass is 368 g/mol. The number of thioether (sulfide) groups is 1. The van der Waals surface area contributed by atoms with Gasteiger partial charge in [0.15, 0.2) is 5.78 Å². The van der Waals surface area contributed by atoms with Crippen LogP contribution in [0.1, 0.15) is 22.8 Å². The van der Waals surface area contributed by atoms with Crippen LogP contribution < -0.4 is 0 Å². The topological polar surface area (TPSA) is 17.1 Å². The second kappa shape index (κ2) is 6.38. The fourth-order valence-corrected chi connectivity index (χ4v) is 2.82. The molecule has 0 spiro atoms. The molecule has 0 heterocycles. The van der Waals surface area contributed by atoms with Crippen LogP contribution in [0.3, 0.4) is 0 Å². The minimum Gasteiger partial charge on any atom is -0.295 e. The van der Waals surface area contributed by atoms with Gasteiger partial charge in [-0.3, -0.25) is 4.79 Å². The van der Waals surface area contributed by atoms with Gasteiger partial charge in [0, 0.05) is 19.8 Å². The lowest BCUT2D eigenvalue weighted by molar-refractivity contribution is 0.101. The first kappa shape index (κ1) is 13.6. The second-order valence-corrected chi connectivity index (χ2v) is 6.29. The number of carbonyl (C=O) groups is 1. The minimum absolute atomic E-state index is 0.117. The molecule has 3 heteroatoms. The third-order valence-electron chi connectivity index (χ3n) is 2.56. The van der Waals surface area contributed by atoms with Crippen LogP contribution in [0.4, 0.5) is 0 Å². The average molecular weight is 368 g/mol. The SMILES string of the molecule is CC(=O)c1cccc(SCc2ccc(I)cc2)c1. The number of hydrogen-bond acceptors (Lipinski definition) is 2. The number of halogens is 1. The molecule has 0 N–H and O–H groups in total. The van der Waals surface area contributed by atoms with E-state index in [1.165, 1.54) is 9.13 Å². The van der Waals surface area contributed by atoms with Crippen molar-refractivity contribution >= 4 is 40.1 Å². The Labute approximate surface area is 125 Å². The summed E-state index contributed by atoms with van der Waals surface area (Å²) in [5, 5.41) is 0. The predicted octanol–water partition coefficient (Wildman–Crippen LogP) is 4.79. The number of carbonyl (C=O) groups excluding carboxylic acids is 1. The standard InChI is InChI=1S/C15H13IOS/c1-11(17)13-3-2-4-15(9-13)18-10-12-5-7-14(16)8-6-12/h2-9H,10H2,1H3. The molecule has 0 aliphatic heterocycles. The zero-order chi connectivity index (χ0) is 13.0. The maximum Gasteiger partial charge on any atom is 0.159 e. The number of hydrogen-bond donors (Lipinski definition) is 0. The Morgan fingerprint density at radius 3 is 2.56 bits per heavy atom. The predicted molar refractivity (Wildman–Crippen MR) is 85.2 cm³/mol. The minimum atomic E-state index is 0.117. The lowest BCUT2D eigenvalue weighted by Gasteiger charge is -2.04. The molecule has 1 nitrogen and oxygen atoms in total. The molecule has 0 aromatic heterocycles. The Balaban J connectivity index is 2.04. The van der Waals surface area contributed by atoms with E-state index >= 15 is 0 Å². The summed E-state index contributed by atoms with van der Waals surface area (Å²) in [7, 11) is 0. The van der Waals surface area contributed by atoms with E-state index in [0.717, 1.165) is 16.2 Å². The van der Waals surface area contributed by atoms with Gasteiger partial charge >= 0.3 is 0 Å². The van der Waals surface area contributed by atoms with E-state index < -0.39 is 0 Å². The zero-order valence-electron chi connectivity index (χ0n) is 10.0. The first-order valence-electron chi connectivity index (χ1n) is 5.63. The fourth-order valence-electron chi connectivity index (χ4n) is 1.55. The van der Waals surface area contributed by atoms with Gasteiger partial charge in [0.25, 0.3) is 0 Å². The number of rotatable bonds is 4. The molecule has 0 aliphatic rings. The van der Waals surface area contributed by atoms with Crippen molar-refractivity contribution in [2.24, 2.45) is 0 Å². The van der Waals surface area contributed by atoms with E-state index in [1.807, 2.05) is 24.3 Å². The average Bonchev–Trinajstić information content (AvgIpc) is 2.38. The van der Waals surface area contributed by atoms with Crippen LogP contribution >= 0.6 is 34.4 Å². The van der Waals surface area contributed by atoms with Crippen LogP contribution in [0.2, 0.25) is 0 Å². The van der Waals surface area contributed by atoms with Crippen molar-refractivity contribution in [3.63, 3.8) is 0 Å². The van der Waals surface area contributed by atoms with Crippen molar-refractivity contribution in [2.75, 3.05) is 0 Å². The van der Waals surface area contributed by atoms with Crippen LogP contribution in [-0.2, 0) is 5.75 Å². The van der Waals surface area contributed by atoms with E-state index in [9.17, 15) is 4.79 Å². The van der Waals surface area contributed by atoms with Gasteiger partial charge in [0.1, 0.15) is 0 Å². The Morgan fingerprint density at radius 1 is 1.17 bits per heavy atom. The zero-order valence-corrected chi connectivity index (χ0v) is 13.0. The van der Waals surface area contributed by atoms with Gasteiger partial charge in [-0.25, -0.2) is 0 Å². The van der Waals surface area contributed by atoms with Gasteiger partial charge in [-0.05, 0) is 59.3 Å². The van der Waals surface area contributed by atoms with E-state index in [0.29, 0.717) is 0 Å². The van der Waals surface area contributed by atoms with E-state index in [1.54, 1.807) is 18.7 Å². The molecule has 0 saturated heterocycles. The second-order valence-electron chi connectivity index (χ2n) is 4.00. The van der Waals surface area contributed by atoms with Crippen molar-refractivity contribution < 1.29 is 4.79 Å². The summed E-state index contributed by atoms with van der Waals surface area (Å²) in [5.74, 6) is 1.05. The molecule has 0 unspecified atom stereocenters. The largest absolute Gasteiger partial charge is 0.295 e. The van der Waals surface area contributed by atoms with Crippen molar-refractivity contribution in [2.45, 2.75) is 17.6 Å². The summed E-state index contributed by atoms with van der Waals surface area (Å²) >= 11 is 4.06. The molecule has 2 aromatic carbocycles. The molecular formula is C15H13IOS. The summed E-state index contributed by atoms with van der Waals surface area (Å²) in [4.78, 5) is 12.4. The Kier molecular flexibility index (Phi) is 4.83. The van der Waals surface area contributed by atoms with Gasteiger partial charge in [-0.2, -0.15) is 0 Å². The van der Waals surface area contributed by atoms with Crippen LogP contribution in [0, 0.1) is 3.57 Å². The third kappa shape index (κ3) is 3.85. The molecule has 0 aliphatic carbocycles. The summed E-state index contributed by atoms with van der Waals surface area (Å²) in [6.07, 6.45) is 0. The fraction of sp³-hybridized carbons (Fsp3) is 0.133. The number of Topliss-reactive ketones (excluding diaryl/α,β-unsaturated/α-hetero) is 1. The Bertz CT molecular complexity index is 549. The maximum absolute atomic E-state index is 11.3. The Hall–Kier alpha value is -0.810. The molecule has 92 valence electrons. The highest BCUT2D eigenvalue weighted by Gasteiger charge is 2.01. The first-order valence-corrected chi connectivity index (χ1v) is 7.70. The Morgan fingerprint density at radius 2 is 1.89 bits per heavy atom. The van der Waals surface area contributed by atoms with Gasteiger partial charge < -0.3 is 0 Å². The normalized spacial score (nSPS) is 10.3. The first-order chi connectivity index (χ1) is 8.65. The van der Waals surface area contributed by atoms with Gasteiger partial charge in [0.2, 0.25) is 0 Å². The molecule has 0 amide bonds. The molecule has 0 fully saturated rings. The van der Waals surface area contributed by atoms with Crippen molar-refractivity contribution in [3.05, 3.63) is 63.2 Å². The molecule has 18 heavy (non-hydrogen) atoms. The highest BCUT2D eigenvalue weighted by molar-refractivity contribution is 14.1. The van der Waals surface area contributed by atoms with Crippen LogP contribution in [0.5, 0.6) is 0 Å². The summed E-state index contributed by atoms with van der Waals surface area (Å²) < 4.78 is 1.25. The highest BCUT2D eigenvalue weighted by Crippen LogP contribution is 2.24. The number of benzene rings is 2. The quantitative estimate of drug-likeness (QED) is 0.439. The van der Waals surface area contributed by atoms with Crippen LogP contribution in [0.25, 0.3) is 0 Å². The van der Waals surface area contributed by atoms with Crippen molar-refractivity contribution in [1.29, 1.82) is 0 Å². The van der Waals surface area contributed by atoms with E-state index in [4.69, 9.17) is 0 Å². The molecule has 2 aromatic rings. The smallest absolute Gasteiger partial charge is 0.159 e. The van der Waals surface area contributed by atoms with Crippen LogP contribution in [-0.4, -0.2) is 5.78 Å². The molecule has 0 radical (unpaired) electrons.